The fourth-order valence-corrected chi connectivity index (χ4v) is 1.72. The van der Waals surface area contributed by atoms with Crippen LogP contribution in [0.15, 0.2) is 42.9 Å². The van der Waals surface area contributed by atoms with Crippen molar-refractivity contribution in [3.8, 4) is 5.88 Å². The number of methoxy groups -OCH3 is 1. The van der Waals surface area contributed by atoms with E-state index in [-0.39, 0.29) is 12.1 Å². The van der Waals surface area contributed by atoms with Gasteiger partial charge in [-0.1, -0.05) is 6.07 Å². The lowest BCUT2D eigenvalue weighted by atomic mass is 10.1. The smallest absolute Gasteiger partial charge is 0.319 e. The van der Waals surface area contributed by atoms with Gasteiger partial charge in [-0.15, -0.1) is 0 Å². The monoisotopic (exact) mass is 272 g/mol. The number of nitrogens with one attached hydrogen (secondary N) is 2. The van der Waals surface area contributed by atoms with Gasteiger partial charge in [-0.05, 0) is 30.7 Å². The van der Waals surface area contributed by atoms with Crippen LogP contribution < -0.4 is 15.4 Å². The zero-order chi connectivity index (χ0) is 14.4. The van der Waals surface area contributed by atoms with Crippen LogP contribution in [0.4, 0.5) is 10.5 Å². The zero-order valence-electron chi connectivity index (χ0n) is 11.3. The molecule has 0 radical (unpaired) electrons. The highest BCUT2D eigenvalue weighted by Crippen LogP contribution is 2.20. The molecule has 0 fully saturated rings. The van der Waals surface area contributed by atoms with Crippen LogP contribution in [0.25, 0.3) is 0 Å². The molecule has 2 aromatic heterocycles. The highest BCUT2D eigenvalue weighted by molar-refractivity contribution is 5.90. The minimum Gasteiger partial charge on any atom is -0.480 e. The number of anilines is 1. The lowest BCUT2D eigenvalue weighted by Gasteiger charge is -2.15. The topological polar surface area (TPSA) is 76.1 Å². The van der Waals surface area contributed by atoms with Gasteiger partial charge in [0, 0.05) is 18.6 Å². The SMILES string of the molecule is COc1ncccc1NC(=O)NC(C)c1cccnc1. The number of rotatable bonds is 4. The fourth-order valence-electron chi connectivity index (χ4n) is 1.72. The summed E-state index contributed by atoms with van der Waals surface area (Å²) in [6.07, 6.45) is 5.01. The van der Waals surface area contributed by atoms with Crippen LogP contribution in [0.1, 0.15) is 18.5 Å². The molecule has 2 rings (SSSR count). The second-order valence-electron chi connectivity index (χ2n) is 4.17. The van der Waals surface area contributed by atoms with E-state index in [1.54, 1.807) is 30.7 Å². The van der Waals surface area contributed by atoms with Crippen LogP contribution >= 0.6 is 0 Å². The molecule has 20 heavy (non-hydrogen) atoms. The van der Waals surface area contributed by atoms with Gasteiger partial charge in [0.25, 0.3) is 0 Å². The maximum atomic E-state index is 11.9. The summed E-state index contributed by atoms with van der Waals surface area (Å²) in [5.74, 6) is 0.372. The average molecular weight is 272 g/mol. The minimum atomic E-state index is -0.326. The van der Waals surface area contributed by atoms with Crippen molar-refractivity contribution >= 4 is 11.7 Å². The molecule has 6 nitrogen and oxygen atoms in total. The van der Waals surface area contributed by atoms with Crippen LogP contribution in [0.2, 0.25) is 0 Å². The average Bonchev–Trinajstić information content (AvgIpc) is 2.48. The van der Waals surface area contributed by atoms with E-state index in [0.29, 0.717) is 11.6 Å². The summed E-state index contributed by atoms with van der Waals surface area (Å²) in [4.78, 5) is 20.0. The molecule has 0 saturated carbocycles. The maximum absolute atomic E-state index is 11.9. The minimum absolute atomic E-state index is 0.147. The van der Waals surface area contributed by atoms with Gasteiger partial charge in [0.1, 0.15) is 5.69 Å². The third-order valence-corrected chi connectivity index (χ3v) is 2.74. The number of ether oxygens (including phenoxy) is 1. The molecule has 0 aliphatic rings. The second kappa shape index (κ2) is 6.51. The summed E-state index contributed by atoms with van der Waals surface area (Å²) in [6.45, 7) is 1.89. The first-order valence-corrected chi connectivity index (χ1v) is 6.17. The molecule has 0 spiro atoms. The Balaban J connectivity index is 1.99. The highest BCUT2D eigenvalue weighted by Gasteiger charge is 2.11. The van der Waals surface area contributed by atoms with Crippen molar-refractivity contribution in [3.63, 3.8) is 0 Å². The molecule has 2 amide bonds. The molecule has 2 heterocycles. The Kier molecular flexibility index (Phi) is 4.49. The molecule has 2 N–H and O–H groups in total. The van der Waals surface area contributed by atoms with E-state index < -0.39 is 0 Å². The van der Waals surface area contributed by atoms with E-state index in [9.17, 15) is 4.79 Å². The van der Waals surface area contributed by atoms with Crippen LogP contribution in [0.3, 0.4) is 0 Å². The predicted octanol–water partition coefficient (Wildman–Crippen LogP) is 2.37. The maximum Gasteiger partial charge on any atom is 0.319 e. The van der Waals surface area contributed by atoms with Crippen molar-refractivity contribution in [3.05, 3.63) is 48.4 Å². The van der Waals surface area contributed by atoms with E-state index in [2.05, 4.69) is 20.6 Å². The van der Waals surface area contributed by atoms with E-state index >= 15 is 0 Å². The summed E-state index contributed by atoms with van der Waals surface area (Å²) < 4.78 is 5.07. The van der Waals surface area contributed by atoms with Gasteiger partial charge in [0.05, 0.1) is 13.2 Å². The first-order valence-electron chi connectivity index (χ1n) is 6.17. The van der Waals surface area contributed by atoms with Crippen LogP contribution in [0.5, 0.6) is 5.88 Å². The number of urea groups is 1. The van der Waals surface area contributed by atoms with E-state index in [1.165, 1.54) is 7.11 Å². The van der Waals surface area contributed by atoms with Crippen LogP contribution in [-0.2, 0) is 0 Å². The molecule has 2 aromatic rings. The number of hydrogen-bond donors (Lipinski definition) is 2. The summed E-state index contributed by atoms with van der Waals surface area (Å²) in [7, 11) is 1.50. The molecule has 0 bridgehead atoms. The first kappa shape index (κ1) is 13.8. The molecule has 0 saturated heterocycles. The Morgan fingerprint density at radius 1 is 1.30 bits per heavy atom. The van der Waals surface area contributed by atoms with E-state index in [0.717, 1.165) is 5.56 Å². The van der Waals surface area contributed by atoms with Crippen molar-refractivity contribution in [2.24, 2.45) is 0 Å². The van der Waals surface area contributed by atoms with Gasteiger partial charge in [-0.25, -0.2) is 9.78 Å². The van der Waals surface area contributed by atoms with Crippen molar-refractivity contribution < 1.29 is 9.53 Å². The second-order valence-corrected chi connectivity index (χ2v) is 4.17. The molecule has 1 atom stereocenters. The first-order chi connectivity index (χ1) is 9.70. The Labute approximate surface area is 117 Å². The van der Waals surface area contributed by atoms with E-state index in [1.807, 2.05) is 19.1 Å². The molecular formula is C14H16N4O2. The molecule has 6 heteroatoms. The Hall–Kier alpha value is -2.63. The highest BCUT2D eigenvalue weighted by atomic mass is 16.5. The normalized spacial score (nSPS) is 11.5. The Morgan fingerprint density at radius 2 is 2.10 bits per heavy atom. The quantitative estimate of drug-likeness (QED) is 0.895. The van der Waals surface area contributed by atoms with Gasteiger partial charge in [-0.3, -0.25) is 4.98 Å². The largest absolute Gasteiger partial charge is 0.480 e. The van der Waals surface area contributed by atoms with Gasteiger partial charge in [0.2, 0.25) is 5.88 Å². The number of aromatic nitrogens is 2. The zero-order valence-corrected chi connectivity index (χ0v) is 11.3. The van der Waals surface area contributed by atoms with Crippen molar-refractivity contribution in [2.45, 2.75) is 13.0 Å². The number of nitrogens with zero attached hydrogens (tertiary/aromatic N) is 2. The predicted molar refractivity (Wildman–Crippen MR) is 75.6 cm³/mol. The number of carbonyl (C=O) groups is 1. The van der Waals surface area contributed by atoms with Gasteiger partial charge >= 0.3 is 6.03 Å². The fraction of sp³-hybridized carbons (Fsp3) is 0.214. The molecule has 1 unspecified atom stereocenters. The van der Waals surface area contributed by atoms with Gasteiger partial charge < -0.3 is 15.4 Å². The molecular weight excluding hydrogens is 256 g/mol. The number of hydrogen-bond acceptors (Lipinski definition) is 4. The van der Waals surface area contributed by atoms with Crippen LogP contribution in [-0.4, -0.2) is 23.1 Å². The third-order valence-electron chi connectivity index (χ3n) is 2.74. The molecule has 0 aliphatic carbocycles. The summed E-state index contributed by atoms with van der Waals surface area (Å²) in [5, 5.41) is 5.53. The molecule has 0 aromatic carbocycles. The third kappa shape index (κ3) is 3.44. The standard InChI is InChI=1S/C14H16N4O2/c1-10(11-5-3-7-15-9-11)17-14(19)18-12-6-4-8-16-13(12)20-2/h3-10H,1-2H3,(H2,17,18,19). The van der Waals surface area contributed by atoms with Crippen molar-refractivity contribution in [1.29, 1.82) is 0 Å². The Morgan fingerprint density at radius 3 is 2.80 bits per heavy atom. The van der Waals surface area contributed by atoms with Gasteiger partial charge in [0.15, 0.2) is 0 Å². The summed E-state index contributed by atoms with van der Waals surface area (Å²) >= 11 is 0. The number of amides is 2. The molecule has 104 valence electrons. The van der Waals surface area contributed by atoms with Gasteiger partial charge in [-0.2, -0.15) is 0 Å². The molecule has 0 aliphatic heterocycles. The summed E-state index contributed by atoms with van der Waals surface area (Å²) in [6, 6.07) is 6.71. The number of pyridine rings is 2. The Bertz CT molecular complexity index is 574. The van der Waals surface area contributed by atoms with Crippen molar-refractivity contribution in [1.82, 2.24) is 15.3 Å². The van der Waals surface area contributed by atoms with Crippen LogP contribution in [0, 0.1) is 0 Å². The lowest BCUT2D eigenvalue weighted by molar-refractivity contribution is 0.249. The number of carbonyl (C=O) groups excluding carboxylic acids is 1. The summed E-state index contributed by atoms with van der Waals surface area (Å²) in [5.41, 5.74) is 1.45. The lowest BCUT2D eigenvalue weighted by Crippen LogP contribution is -2.31. The van der Waals surface area contributed by atoms with E-state index in [4.69, 9.17) is 4.74 Å². The van der Waals surface area contributed by atoms with Crippen molar-refractivity contribution in [2.75, 3.05) is 12.4 Å².